The summed E-state index contributed by atoms with van der Waals surface area (Å²) in [5.41, 5.74) is 5.04. The molecule has 1 rings (SSSR count). The van der Waals surface area contributed by atoms with Gasteiger partial charge in [-0.25, -0.2) is 4.79 Å². The maximum atomic E-state index is 12.3. The van der Waals surface area contributed by atoms with E-state index in [1.54, 1.807) is 0 Å². The lowest BCUT2D eigenvalue weighted by Gasteiger charge is -2.34. The van der Waals surface area contributed by atoms with Crippen molar-refractivity contribution in [2.45, 2.75) is 83.1 Å². The number of carbonyl (C=O) groups is 1. The summed E-state index contributed by atoms with van der Waals surface area (Å²) < 4.78 is 16.0. The van der Waals surface area contributed by atoms with Crippen LogP contribution in [0.3, 0.4) is 0 Å². The number of nitrogens with two attached hydrogens (primary N) is 1. The largest absolute Gasteiger partial charge is 0.444 e. The molecule has 0 unspecified atom stereocenters. The molecule has 1 aliphatic rings. The van der Waals surface area contributed by atoms with Gasteiger partial charge in [-0.2, -0.15) is 0 Å². The summed E-state index contributed by atoms with van der Waals surface area (Å²) in [6, 6.07) is -0.383. The number of rotatable bonds is 9. The van der Waals surface area contributed by atoms with Crippen LogP contribution in [-0.2, 0) is 14.2 Å². The van der Waals surface area contributed by atoms with Crippen LogP contribution in [-0.4, -0.2) is 55.5 Å². The van der Waals surface area contributed by atoms with Crippen molar-refractivity contribution < 1.29 is 24.1 Å². The van der Waals surface area contributed by atoms with Crippen LogP contribution in [0.5, 0.6) is 0 Å². The molecule has 148 valence electrons. The molecule has 1 aliphatic carbocycles. The molecule has 0 aromatic heterocycles. The minimum Gasteiger partial charge on any atom is -0.444 e. The van der Waals surface area contributed by atoms with Gasteiger partial charge < -0.3 is 30.4 Å². The monoisotopic (exact) mass is 360 g/mol. The Morgan fingerprint density at radius 2 is 1.92 bits per heavy atom. The molecule has 25 heavy (non-hydrogen) atoms. The second-order valence-electron chi connectivity index (χ2n) is 7.83. The summed E-state index contributed by atoms with van der Waals surface area (Å²) in [4.78, 5) is 12.3. The van der Waals surface area contributed by atoms with Crippen LogP contribution in [0.2, 0.25) is 0 Å². The second-order valence-corrected chi connectivity index (χ2v) is 7.83. The number of amides is 1. The van der Waals surface area contributed by atoms with E-state index >= 15 is 0 Å². The van der Waals surface area contributed by atoms with E-state index < -0.39 is 23.9 Å². The Bertz CT molecular complexity index is 380. The normalized spacial score (nSPS) is 19.9. The Morgan fingerprint density at radius 1 is 1.28 bits per heavy atom. The first-order chi connectivity index (χ1) is 11.8. The van der Waals surface area contributed by atoms with E-state index in [1.807, 2.05) is 20.8 Å². The number of nitrogens with one attached hydrogen (secondary N) is 1. The van der Waals surface area contributed by atoms with Crippen LogP contribution in [0, 0.1) is 5.92 Å². The summed E-state index contributed by atoms with van der Waals surface area (Å²) in [5.74, 6) is 0.493. The molecule has 0 aromatic rings. The molecule has 0 spiro atoms. The molecule has 1 fully saturated rings. The average Bonchev–Trinajstić information content (AvgIpc) is 2.53. The molecule has 0 aromatic carbocycles. The second kappa shape index (κ2) is 11.0. The predicted molar refractivity (Wildman–Crippen MR) is 96.2 cm³/mol. The third kappa shape index (κ3) is 8.85. The zero-order valence-electron chi connectivity index (χ0n) is 16.1. The third-order valence-corrected chi connectivity index (χ3v) is 4.41. The molecule has 7 heteroatoms. The first-order valence-corrected chi connectivity index (χ1v) is 9.25. The standard InChI is InChI=1S/C18H36N2O5/c1-18(2,3)25-17(22)20-14(10-13-8-6-5-7-9-13)16(15(21)11-19)24-12-23-4/h13-16,21H,5-12,19H2,1-4H3,(H,20,22)/t14-,15-,16+/m0/s1. The van der Waals surface area contributed by atoms with Crippen molar-refractivity contribution in [1.29, 1.82) is 0 Å². The highest BCUT2D eigenvalue weighted by molar-refractivity contribution is 5.68. The molecule has 7 nitrogen and oxygen atoms in total. The minimum absolute atomic E-state index is 0.0267. The molecular formula is C18H36N2O5. The Kier molecular flexibility index (Phi) is 9.71. The summed E-state index contributed by atoms with van der Waals surface area (Å²) >= 11 is 0. The lowest BCUT2D eigenvalue weighted by molar-refractivity contribution is -0.124. The number of hydrogen-bond donors (Lipinski definition) is 3. The van der Waals surface area contributed by atoms with Gasteiger partial charge in [-0.1, -0.05) is 32.1 Å². The summed E-state index contributed by atoms with van der Waals surface area (Å²) in [6.45, 7) is 5.52. The van der Waals surface area contributed by atoms with E-state index in [4.69, 9.17) is 19.9 Å². The van der Waals surface area contributed by atoms with Gasteiger partial charge in [0.25, 0.3) is 0 Å². The van der Waals surface area contributed by atoms with Crippen molar-refractivity contribution in [3.63, 3.8) is 0 Å². The van der Waals surface area contributed by atoms with Crippen molar-refractivity contribution >= 4 is 6.09 Å². The van der Waals surface area contributed by atoms with E-state index in [1.165, 1.54) is 26.4 Å². The first kappa shape index (κ1) is 22.2. The molecular weight excluding hydrogens is 324 g/mol. The molecule has 0 bridgehead atoms. The van der Waals surface area contributed by atoms with Gasteiger partial charge in [0, 0.05) is 13.7 Å². The Morgan fingerprint density at radius 3 is 2.44 bits per heavy atom. The zero-order chi connectivity index (χ0) is 18.9. The maximum Gasteiger partial charge on any atom is 0.407 e. The number of aliphatic hydroxyl groups excluding tert-OH is 1. The molecule has 4 N–H and O–H groups in total. The van der Waals surface area contributed by atoms with Crippen LogP contribution in [0.1, 0.15) is 59.3 Å². The van der Waals surface area contributed by atoms with Crippen molar-refractivity contribution in [3.05, 3.63) is 0 Å². The van der Waals surface area contributed by atoms with Crippen molar-refractivity contribution in [2.75, 3.05) is 20.4 Å². The van der Waals surface area contributed by atoms with Crippen LogP contribution >= 0.6 is 0 Å². The Balaban J connectivity index is 2.83. The Labute approximate surface area is 151 Å². The summed E-state index contributed by atoms with van der Waals surface area (Å²) in [7, 11) is 1.52. The SMILES string of the molecule is COCO[C@H]([C@H](CC1CCCCC1)NC(=O)OC(C)(C)C)[C@@H](O)CN. The fourth-order valence-corrected chi connectivity index (χ4v) is 3.29. The van der Waals surface area contributed by atoms with Gasteiger partial charge in [0.05, 0.1) is 12.1 Å². The number of hydrogen-bond acceptors (Lipinski definition) is 6. The topological polar surface area (TPSA) is 103 Å². The quantitative estimate of drug-likeness (QED) is 0.545. The molecule has 0 heterocycles. The molecule has 0 aliphatic heterocycles. The molecule has 3 atom stereocenters. The van der Waals surface area contributed by atoms with Gasteiger partial charge in [0.15, 0.2) is 0 Å². The van der Waals surface area contributed by atoms with E-state index in [2.05, 4.69) is 5.32 Å². The van der Waals surface area contributed by atoms with Crippen LogP contribution in [0.25, 0.3) is 0 Å². The maximum absolute atomic E-state index is 12.3. The highest BCUT2D eigenvalue weighted by Crippen LogP contribution is 2.29. The molecule has 0 radical (unpaired) electrons. The minimum atomic E-state index is -0.890. The van der Waals surface area contributed by atoms with Crippen LogP contribution in [0.4, 0.5) is 4.79 Å². The van der Waals surface area contributed by atoms with E-state index in [0.29, 0.717) is 5.92 Å². The number of methoxy groups -OCH3 is 1. The van der Waals surface area contributed by atoms with Crippen molar-refractivity contribution in [1.82, 2.24) is 5.32 Å². The number of ether oxygens (including phenoxy) is 3. The first-order valence-electron chi connectivity index (χ1n) is 9.25. The van der Waals surface area contributed by atoms with E-state index in [-0.39, 0.29) is 19.4 Å². The highest BCUT2D eigenvalue weighted by atomic mass is 16.7. The van der Waals surface area contributed by atoms with E-state index in [0.717, 1.165) is 19.3 Å². The van der Waals surface area contributed by atoms with Gasteiger partial charge >= 0.3 is 6.09 Å². The third-order valence-electron chi connectivity index (χ3n) is 4.41. The van der Waals surface area contributed by atoms with E-state index in [9.17, 15) is 9.90 Å². The predicted octanol–water partition coefficient (Wildman–Crippen LogP) is 2.16. The van der Waals surface area contributed by atoms with Crippen LogP contribution in [0.15, 0.2) is 0 Å². The van der Waals surface area contributed by atoms with Crippen molar-refractivity contribution in [2.24, 2.45) is 11.7 Å². The molecule has 1 amide bonds. The Hall–Kier alpha value is -0.890. The van der Waals surface area contributed by atoms with Gasteiger partial charge in [0.2, 0.25) is 0 Å². The van der Waals surface area contributed by atoms with Gasteiger partial charge in [-0.3, -0.25) is 0 Å². The zero-order valence-corrected chi connectivity index (χ0v) is 16.1. The smallest absolute Gasteiger partial charge is 0.407 e. The number of aliphatic hydroxyl groups is 1. The van der Waals surface area contributed by atoms with Gasteiger partial charge in [0.1, 0.15) is 18.5 Å². The summed E-state index contributed by atoms with van der Waals surface area (Å²) in [5, 5.41) is 13.2. The number of carbonyl (C=O) groups excluding carboxylic acids is 1. The number of alkyl carbamates (subject to hydrolysis) is 1. The fourth-order valence-electron chi connectivity index (χ4n) is 3.29. The molecule has 0 saturated heterocycles. The van der Waals surface area contributed by atoms with Crippen LogP contribution < -0.4 is 11.1 Å². The lowest BCUT2D eigenvalue weighted by atomic mass is 9.83. The highest BCUT2D eigenvalue weighted by Gasteiger charge is 2.33. The fraction of sp³-hybridized carbons (Fsp3) is 0.944. The molecule has 1 saturated carbocycles. The summed E-state index contributed by atoms with van der Waals surface area (Å²) in [6.07, 6.45) is 4.60. The van der Waals surface area contributed by atoms with Gasteiger partial charge in [-0.05, 0) is 33.1 Å². The van der Waals surface area contributed by atoms with Crippen molar-refractivity contribution in [3.8, 4) is 0 Å². The average molecular weight is 360 g/mol. The lowest BCUT2D eigenvalue weighted by Crippen LogP contribution is -2.53. The van der Waals surface area contributed by atoms with Gasteiger partial charge in [-0.15, -0.1) is 0 Å².